The van der Waals surface area contributed by atoms with Crippen LogP contribution in [0.2, 0.25) is 0 Å². The van der Waals surface area contributed by atoms with Crippen molar-refractivity contribution >= 4 is 17.6 Å². The number of hydrogen-bond acceptors (Lipinski definition) is 4. The maximum atomic E-state index is 5.95. The smallest absolute Gasteiger partial charge is 0.134 e. The number of hydrogen-bond donors (Lipinski definition) is 1. The van der Waals surface area contributed by atoms with Gasteiger partial charge in [0.1, 0.15) is 11.6 Å². The SMILES string of the molecule is Nc1nc(C2CC2)nc2c1CCSC2. The average Bonchev–Trinajstić information content (AvgIpc) is 3.01. The molecule has 0 aromatic carbocycles. The number of aromatic nitrogens is 2. The molecule has 1 aromatic rings. The molecule has 3 nitrogen and oxygen atoms in total. The summed E-state index contributed by atoms with van der Waals surface area (Å²) in [7, 11) is 0. The highest BCUT2D eigenvalue weighted by molar-refractivity contribution is 7.98. The Morgan fingerprint density at radius 3 is 2.93 bits per heavy atom. The van der Waals surface area contributed by atoms with Gasteiger partial charge in [0, 0.05) is 17.2 Å². The summed E-state index contributed by atoms with van der Waals surface area (Å²) in [5, 5.41) is 0. The molecule has 2 aliphatic rings. The van der Waals surface area contributed by atoms with Gasteiger partial charge in [-0.25, -0.2) is 9.97 Å². The molecule has 3 rings (SSSR count). The molecule has 0 radical (unpaired) electrons. The molecule has 2 heterocycles. The molecule has 0 amide bonds. The Balaban J connectivity index is 2.06. The van der Waals surface area contributed by atoms with Crippen LogP contribution in [0, 0.1) is 0 Å². The van der Waals surface area contributed by atoms with Crippen molar-refractivity contribution in [2.75, 3.05) is 11.5 Å². The summed E-state index contributed by atoms with van der Waals surface area (Å²) in [6.07, 6.45) is 3.52. The van der Waals surface area contributed by atoms with E-state index < -0.39 is 0 Å². The molecule has 0 unspecified atom stereocenters. The molecular weight excluding hydrogens is 194 g/mol. The minimum atomic E-state index is 0.606. The fourth-order valence-corrected chi connectivity index (χ4v) is 2.75. The third-order valence-corrected chi connectivity index (χ3v) is 3.79. The first kappa shape index (κ1) is 8.53. The number of nitrogens with two attached hydrogens (primary N) is 1. The van der Waals surface area contributed by atoms with Crippen LogP contribution in [0.5, 0.6) is 0 Å². The minimum absolute atomic E-state index is 0.606. The molecule has 74 valence electrons. The topological polar surface area (TPSA) is 51.8 Å². The Kier molecular flexibility index (Phi) is 1.90. The summed E-state index contributed by atoms with van der Waals surface area (Å²) in [4.78, 5) is 9.03. The molecule has 1 fully saturated rings. The van der Waals surface area contributed by atoms with Crippen molar-refractivity contribution in [1.29, 1.82) is 0 Å². The average molecular weight is 207 g/mol. The van der Waals surface area contributed by atoms with Crippen molar-refractivity contribution in [3.05, 3.63) is 17.1 Å². The van der Waals surface area contributed by atoms with Gasteiger partial charge in [-0.1, -0.05) is 0 Å². The lowest BCUT2D eigenvalue weighted by Crippen LogP contribution is -2.12. The molecule has 1 aliphatic heterocycles. The normalized spacial score (nSPS) is 20.6. The molecule has 1 saturated carbocycles. The van der Waals surface area contributed by atoms with Crippen LogP contribution in [-0.2, 0) is 12.2 Å². The fourth-order valence-electron chi connectivity index (χ4n) is 1.83. The largest absolute Gasteiger partial charge is 0.383 e. The Bertz CT molecular complexity index is 374. The maximum absolute atomic E-state index is 5.95. The molecule has 14 heavy (non-hydrogen) atoms. The van der Waals surface area contributed by atoms with Gasteiger partial charge in [0.05, 0.1) is 5.69 Å². The first-order chi connectivity index (χ1) is 6.84. The van der Waals surface area contributed by atoms with Crippen molar-refractivity contribution in [3.8, 4) is 0 Å². The van der Waals surface area contributed by atoms with Crippen LogP contribution < -0.4 is 5.73 Å². The zero-order chi connectivity index (χ0) is 9.54. The Morgan fingerprint density at radius 1 is 1.29 bits per heavy atom. The van der Waals surface area contributed by atoms with Gasteiger partial charge in [-0.3, -0.25) is 0 Å². The van der Waals surface area contributed by atoms with Crippen LogP contribution in [0.1, 0.15) is 35.8 Å². The second kappa shape index (κ2) is 3.12. The first-order valence-corrected chi connectivity index (χ1v) is 6.23. The van der Waals surface area contributed by atoms with Crippen LogP contribution >= 0.6 is 11.8 Å². The predicted octanol–water partition coefficient (Wildman–Crippen LogP) is 1.73. The predicted molar refractivity (Wildman–Crippen MR) is 58.3 cm³/mol. The van der Waals surface area contributed by atoms with Crippen molar-refractivity contribution in [1.82, 2.24) is 9.97 Å². The number of nitrogens with zero attached hydrogens (tertiary/aromatic N) is 2. The Labute approximate surface area is 87.5 Å². The second-order valence-corrected chi connectivity index (χ2v) is 5.07. The number of fused-ring (bicyclic) bond motifs is 1. The van der Waals surface area contributed by atoms with Crippen molar-refractivity contribution in [2.45, 2.75) is 30.9 Å². The number of rotatable bonds is 1. The summed E-state index contributed by atoms with van der Waals surface area (Å²) in [5.74, 6) is 4.50. The van der Waals surface area contributed by atoms with Gasteiger partial charge >= 0.3 is 0 Å². The molecule has 0 spiro atoms. The zero-order valence-corrected chi connectivity index (χ0v) is 8.81. The fraction of sp³-hybridized carbons (Fsp3) is 0.600. The molecule has 1 aromatic heterocycles. The van der Waals surface area contributed by atoms with Gasteiger partial charge in [-0.2, -0.15) is 11.8 Å². The van der Waals surface area contributed by atoms with E-state index in [1.165, 1.54) is 24.1 Å². The lowest BCUT2D eigenvalue weighted by molar-refractivity contribution is 0.874. The van der Waals surface area contributed by atoms with Gasteiger partial charge < -0.3 is 5.73 Å². The molecular formula is C10H13N3S. The quantitative estimate of drug-likeness (QED) is 0.762. The number of anilines is 1. The second-order valence-electron chi connectivity index (χ2n) is 3.97. The van der Waals surface area contributed by atoms with E-state index in [9.17, 15) is 0 Å². The van der Waals surface area contributed by atoms with Crippen LogP contribution in [0.3, 0.4) is 0 Å². The summed E-state index contributed by atoms with van der Waals surface area (Å²) >= 11 is 1.94. The highest BCUT2D eigenvalue weighted by atomic mass is 32.2. The van der Waals surface area contributed by atoms with Crippen molar-refractivity contribution in [3.63, 3.8) is 0 Å². The van der Waals surface area contributed by atoms with E-state index >= 15 is 0 Å². The number of thioether (sulfide) groups is 1. The summed E-state index contributed by atoms with van der Waals surface area (Å²) < 4.78 is 0. The van der Waals surface area contributed by atoms with E-state index in [1.807, 2.05) is 11.8 Å². The van der Waals surface area contributed by atoms with Gasteiger partial charge in [-0.15, -0.1) is 0 Å². The molecule has 0 atom stereocenters. The molecule has 1 aliphatic carbocycles. The zero-order valence-electron chi connectivity index (χ0n) is 7.99. The molecule has 2 N–H and O–H groups in total. The summed E-state index contributed by atoms with van der Waals surface area (Å²) in [6, 6.07) is 0. The van der Waals surface area contributed by atoms with E-state index in [1.54, 1.807) is 0 Å². The Morgan fingerprint density at radius 2 is 2.14 bits per heavy atom. The van der Waals surface area contributed by atoms with Gasteiger partial charge in [-0.05, 0) is 25.0 Å². The van der Waals surface area contributed by atoms with E-state index in [0.717, 1.165) is 29.6 Å². The minimum Gasteiger partial charge on any atom is -0.383 e. The van der Waals surface area contributed by atoms with E-state index in [-0.39, 0.29) is 0 Å². The van der Waals surface area contributed by atoms with Crippen LogP contribution in [0.15, 0.2) is 0 Å². The third kappa shape index (κ3) is 1.38. The monoisotopic (exact) mass is 207 g/mol. The molecule has 4 heteroatoms. The summed E-state index contributed by atoms with van der Waals surface area (Å²) in [6.45, 7) is 0. The third-order valence-electron chi connectivity index (χ3n) is 2.82. The molecule has 0 saturated heterocycles. The first-order valence-electron chi connectivity index (χ1n) is 5.07. The van der Waals surface area contributed by atoms with Gasteiger partial charge in [0.25, 0.3) is 0 Å². The van der Waals surface area contributed by atoms with E-state index in [2.05, 4.69) is 9.97 Å². The summed E-state index contributed by atoms with van der Waals surface area (Å²) in [5.41, 5.74) is 8.34. The van der Waals surface area contributed by atoms with Gasteiger partial charge in [0.15, 0.2) is 0 Å². The van der Waals surface area contributed by atoms with E-state index in [4.69, 9.17) is 5.73 Å². The lowest BCUT2D eigenvalue weighted by atomic mass is 10.1. The highest BCUT2D eigenvalue weighted by Crippen LogP contribution is 2.39. The van der Waals surface area contributed by atoms with E-state index in [0.29, 0.717) is 5.92 Å². The van der Waals surface area contributed by atoms with Crippen molar-refractivity contribution in [2.24, 2.45) is 0 Å². The van der Waals surface area contributed by atoms with Crippen molar-refractivity contribution < 1.29 is 0 Å². The Hall–Kier alpha value is -0.770. The molecule has 0 bridgehead atoms. The number of nitrogen functional groups attached to an aromatic ring is 1. The lowest BCUT2D eigenvalue weighted by Gasteiger charge is -2.16. The highest BCUT2D eigenvalue weighted by Gasteiger charge is 2.28. The standard InChI is InChI=1S/C10H13N3S/c11-9-7-3-4-14-5-8(7)12-10(13-9)6-1-2-6/h6H,1-5H2,(H2,11,12,13). The van der Waals surface area contributed by atoms with Crippen LogP contribution in [0.25, 0.3) is 0 Å². The van der Waals surface area contributed by atoms with Gasteiger partial charge in [0.2, 0.25) is 0 Å². The maximum Gasteiger partial charge on any atom is 0.134 e. The van der Waals surface area contributed by atoms with Crippen LogP contribution in [0.4, 0.5) is 5.82 Å². The van der Waals surface area contributed by atoms with Crippen LogP contribution in [-0.4, -0.2) is 15.7 Å².